The fourth-order valence-electron chi connectivity index (χ4n) is 7.64. The van der Waals surface area contributed by atoms with Crippen LogP contribution in [0.3, 0.4) is 0 Å². The van der Waals surface area contributed by atoms with E-state index in [0.717, 1.165) is 17.3 Å². The van der Waals surface area contributed by atoms with Crippen LogP contribution in [0.15, 0.2) is 37.5 Å². The molecule has 3 aliphatic rings. The van der Waals surface area contributed by atoms with Crippen molar-refractivity contribution in [3.8, 4) is 0 Å². The molecule has 0 heteroatoms. The quantitative estimate of drug-likeness (QED) is 0.0709. The Morgan fingerprint density at radius 1 is 0.523 bits per heavy atom. The van der Waals surface area contributed by atoms with Gasteiger partial charge in [-0.1, -0.05) is 156 Å². The van der Waals surface area contributed by atoms with Crippen LogP contribution in [0, 0.1) is 17.3 Å². The Balaban J connectivity index is 0. The first-order valence-corrected chi connectivity index (χ1v) is 20.3. The van der Waals surface area contributed by atoms with Gasteiger partial charge in [0, 0.05) is 0 Å². The predicted molar refractivity (Wildman–Crippen MR) is 207 cm³/mol. The van der Waals surface area contributed by atoms with Crippen molar-refractivity contribution in [2.45, 2.75) is 228 Å². The van der Waals surface area contributed by atoms with Crippen LogP contribution >= 0.6 is 0 Å². The SMILES string of the molecule is C=C.C=C(CCCC)CCCCCCCC(=C)CCCC(CCCCC)CCCCC.CC.CCCC12CCC(CC1)CC2. The van der Waals surface area contributed by atoms with Crippen LogP contribution < -0.4 is 0 Å². The summed E-state index contributed by atoms with van der Waals surface area (Å²) in [5, 5.41) is 0. The monoisotopic (exact) mass is 615 g/mol. The molecule has 0 spiro atoms. The van der Waals surface area contributed by atoms with Gasteiger partial charge < -0.3 is 0 Å². The zero-order valence-electron chi connectivity index (χ0n) is 32.0. The Morgan fingerprint density at radius 2 is 0.909 bits per heavy atom. The third-order valence-electron chi connectivity index (χ3n) is 10.5. The van der Waals surface area contributed by atoms with Crippen molar-refractivity contribution in [1.82, 2.24) is 0 Å². The summed E-state index contributed by atoms with van der Waals surface area (Å²) in [5.74, 6) is 2.11. The molecule has 0 unspecified atom stereocenters. The van der Waals surface area contributed by atoms with E-state index in [1.807, 2.05) is 13.8 Å². The Morgan fingerprint density at radius 3 is 1.34 bits per heavy atom. The zero-order chi connectivity index (χ0) is 33.3. The molecular weight excluding hydrogens is 528 g/mol. The molecule has 0 aromatic heterocycles. The molecule has 3 fully saturated rings. The summed E-state index contributed by atoms with van der Waals surface area (Å²) in [4.78, 5) is 0. The molecule has 3 aliphatic carbocycles. The Labute approximate surface area is 281 Å². The Bertz CT molecular complexity index is 574. The van der Waals surface area contributed by atoms with Gasteiger partial charge in [0.15, 0.2) is 0 Å². The maximum atomic E-state index is 4.38. The molecule has 44 heavy (non-hydrogen) atoms. The van der Waals surface area contributed by atoms with Crippen molar-refractivity contribution in [1.29, 1.82) is 0 Å². The van der Waals surface area contributed by atoms with Crippen molar-refractivity contribution in [3.63, 3.8) is 0 Å². The molecule has 0 aromatic carbocycles. The van der Waals surface area contributed by atoms with Gasteiger partial charge in [-0.2, -0.15) is 0 Å². The number of allylic oxidation sites excluding steroid dienone is 2. The summed E-state index contributed by atoms with van der Waals surface area (Å²) in [7, 11) is 0. The molecule has 0 saturated heterocycles. The maximum absolute atomic E-state index is 4.38. The molecule has 3 rings (SSSR count). The molecule has 0 nitrogen and oxygen atoms in total. The number of fused-ring (bicyclic) bond motifs is 3. The standard InChI is InChI=1S/C29H56.C11H20.C2H6.C2H4/c1-6-9-15-24-29(25-16-10-7-2)26-19-23-28(5)22-18-14-12-13-17-21-27(4)20-11-8-3;1-2-6-11-7-3-10(4-8-11)5-9-11;2*1-2/h29H,4-26H2,1-3H3;10H,2-9H2,1H3;1-2H3;1-2H2. The molecule has 0 aliphatic heterocycles. The first-order valence-electron chi connectivity index (χ1n) is 20.3. The van der Waals surface area contributed by atoms with Gasteiger partial charge in [-0.25, -0.2) is 0 Å². The smallest absolute Gasteiger partial charge is 0.0297 e. The van der Waals surface area contributed by atoms with Crippen LogP contribution in [0.2, 0.25) is 0 Å². The molecule has 0 amide bonds. The average Bonchev–Trinajstić information content (AvgIpc) is 3.06. The molecule has 3 saturated carbocycles. The van der Waals surface area contributed by atoms with Crippen molar-refractivity contribution < 1.29 is 0 Å². The summed E-state index contributed by atoms with van der Waals surface area (Å²) >= 11 is 0. The van der Waals surface area contributed by atoms with Gasteiger partial charge in [-0.3, -0.25) is 0 Å². The normalized spacial score (nSPS) is 18.4. The topological polar surface area (TPSA) is 0 Å². The summed E-state index contributed by atoms with van der Waals surface area (Å²) in [6, 6.07) is 0. The number of hydrogen-bond donors (Lipinski definition) is 0. The summed E-state index contributed by atoms with van der Waals surface area (Å²) < 4.78 is 0. The van der Waals surface area contributed by atoms with Crippen LogP contribution in [0.25, 0.3) is 0 Å². The third kappa shape index (κ3) is 25.4. The first-order chi connectivity index (χ1) is 21.5. The van der Waals surface area contributed by atoms with E-state index in [-0.39, 0.29) is 0 Å². The van der Waals surface area contributed by atoms with Gasteiger partial charge in [-0.05, 0) is 114 Å². The fraction of sp³-hybridized carbons (Fsp3) is 0.864. The van der Waals surface area contributed by atoms with Crippen molar-refractivity contribution >= 4 is 0 Å². The largest absolute Gasteiger partial charge is 0.106 e. The lowest BCUT2D eigenvalue weighted by Gasteiger charge is -2.46. The van der Waals surface area contributed by atoms with Gasteiger partial charge in [0.25, 0.3) is 0 Å². The van der Waals surface area contributed by atoms with Gasteiger partial charge in [0.1, 0.15) is 0 Å². The van der Waals surface area contributed by atoms with Crippen LogP contribution in [0.5, 0.6) is 0 Å². The van der Waals surface area contributed by atoms with Gasteiger partial charge in [-0.15, -0.1) is 13.2 Å². The minimum Gasteiger partial charge on any atom is -0.106 e. The van der Waals surface area contributed by atoms with Crippen molar-refractivity contribution in [3.05, 3.63) is 37.5 Å². The summed E-state index contributed by atoms with van der Waals surface area (Å²) in [6.07, 6.45) is 41.0. The lowest BCUT2D eigenvalue weighted by molar-refractivity contribution is 0.0560. The predicted octanol–water partition coefficient (Wildman–Crippen LogP) is 16.6. The molecule has 0 heterocycles. The molecule has 0 radical (unpaired) electrons. The number of hydrogen-bond acceptors (Lipinski definition) is 0. The fourth-order valence-corrected chi connectivity index (χ4v) is 7.64. The van der Waals surface area contributed by atoms with E-state index in [4.69, 9.17) is 0 Å². The number of unbranched alkanes of at least 4 members (excludes halogenated alkanes) is 9. The van der Waals surface area contributed by atoms with E-state index in [1.54, 1.807) is 38.5 Å². The van der Waals surface area contributed by atoms with E-state index in [1.165, 1.54) is 159 Å². The summed E-state index contributed by atoms with van der Waals surface area (Å²) in [5.41, 5.74) is 3.82. The highest BCUT2D eigenvalue weighted by Gasteiger charge is 2.39. The number of rotatable bonds is 25. The van der Waals surface area contributed by atoms with E-state index >= 15 is 0 Å². The first kappa shape index (κ1) is 45.3. The van der Waals surface area contributed by atoms with E-state index < -0.39 is 0 Å². The van der Waals surface area contributed by atoms with E-state index in [2.05, 4.69) is 54.0 Å². The second-order valence-corrected chi connectivity index (χ2v) is 14.4. The van der Waals surface area contributed by atoms with Crippen molar-refractivity contribution in [2.75, 3.05) is 0 Å². The third-order valence-corrected chi connectivity index (χ3v) is 10.5. The Hall–Kier alpha value is -0.780. The molecule has 262 valence electrons. The van der Waals surface area contributed by atoms with Gasteiger partial charge >= 0.3 is 0 Å². The van der Waals surface area contributed by atoms with Crippen molar-refractivity contribution in [2.24, 2.45) is 17.3 Å². The minimum absolute atomic E-state index is 0.837. The highest BCUT2D eigenvalue weighted by atomic mass is 14.4. The molecule has 0 N–H and O–H groups in total. The molecule has 2 bridgehead atoms. The van der Waals surface area contributed by atoms with E-state index in [9.17, 15) is 0 Å². The van der Waals surface area contributed by atoms with Gasteiger partial charge in [0.2, 0.25) is 0 Å². The lowest BCUT2D eigenvalue weighted by Crippen LogP contribution is -2.33. The molecular formula is C44H86. The highest BCUT2D eigenvalue weighted by molar-refractivity contribution is 4.94. The lowest BCUT2D eigenvalue weighted by atomic mass is 9.59. The highest BCUT2D eigenvalue weighted by Crippen LogP contribution is 2.52. The second-order valence-electron chi connectivity index (χ2n) is 14.4. The Kier molecular flexibility index (Phi) is 34.6. The van der Waals surface area contributed by atoms with E-state index in [0.29, 0.717) is 0 Å². The van der Waals surface area contributed by atoms with Crippen LogP contribution in [0.1, 0.15) is 228 Å². The maximum Gasteiger partial charge on any atom is -0.0297 e. The minimum atomic E-state index is 0.837. The van der Waals surface area contributed by atoms with Crippen LogP contribution in [-0.2, 0) is 0 Å². The van der Waals surface area contributed by atoms with Crippen LogP contribution in [0.4, 0.5) is 0 Å². The zero-order valence-corrected chi connectivity index (χ0v) is 32.0. The average molecular weight is 615 g/mol. The molecule has 0 aromatic rings. The summed E-state index contributed by atoms with van der Waals surface area (Å²) in [6.45, 7) is 27.8. The van der Waals surface area contributed by atoms with Gasteiger partial charge in [0.05, 0.1) is 0 Å². The van der Waals surface area contributed by atoms with Crippen LogP contribution in [-0.4, -0.2) is 0 Å². The second kappa shape index (κ2) is 33.6. The molecule has 0 atom stereocenters.